The van der Waals surface area contributed by atoms with E-state index < -0.39 is 10.8 Å². The largest absolute Gasteiger partial charge is 0.338 e. The molecule has 0 radical (unpaired) electrons. The lowest BCUT2D eigenvalue weighted by Crippen LogP contribution is -1.98. The fourth-order valence-corrected chi connectivity index (χ4v) is 2.92. The van der Waals surface area contributed by atoms with Crippen molar-refractivity contribution in [3.05, 3.63) is 41.0 Å². The Labute approximate surface area is 126 Å². The van der Waals surface area contributed by atoms with E-state index in [2.05, 4.69) is 24.0 Å². The standard InChI is InChI=1S/C14H17ClN2O2S/c1-10(2)6-7-13-16-14(19-17-13)9-20(18)12-5-3-4-11(15)8-12/h3-5,8,10H,6-7,9H2,1-2H3/t20-/m1/s1. The highest BCUT2D eigenvalue weighted by Crippen LogP contribution is 2.16. The molecular weight excluding hydrogens is 296 g/mol. The molecule has 0 N–H and O–H groups in total. The molecule has 20 heavy (non-hydrogen) atoms. The van der Waals surface area contributed by atoms with Crippen LogP contribution in [-0.2, 0) is 23.0 Å². The van der Waals surface area contributed by atoms with E-state index in [1.807, 2.05) is 0 Å². The van der Waals surface area contributed by atoms with E-state index in [0.29, 0.717) is 27.6 Å². The van der Waals surface area contributed by atoms with Crippen molar-refractivity contribution in [3.63, 3.8) is 0 Å². The lowest BCUT2D eigenvalue weighted by atomic mass is 10.1. The molecule has 1 atom stereocenters. The van der Waals surface area contributed by atoms with Crippen molar-refractivity contribution in [1.29, 1.82) is 0 Å². The number of aryl methyl sites for hydroxylation is 1. The smallest absolute Gasteiger partial charge is 0.239 e. The molecule has 0 aliphatic rings. The quantitative estimate of drug-likeness (QED) is 0.817. The molecule has 2 rings (SSSR count). The van der Waals surface area contributed by atoms with E-state index >= 15 is 0 Å². The Morgan fingerprint density at radius 3 is 2.90 bits per heavy atom. The molecule has 0 unspecified atom stereocenters. The van der Waals surface area contributed by atoms with Gasteiger partial charge in [0.25, 0.3) is 0 Å². The van der Waals surface area contributed by atoms with Gasteiger partial charge in [-0.2, -0.15) is 4.98 Å². The number of benzene rings is 1. The molecule has 4 nitrogen and oxygen atoms in total. The SMILES string of the molecule is CC(C)CCc1noc(C[S@@](=O)c2cccc(Cl)c2)n1. The molecule has 2 aromatic rings. The fourth-order valence-electron chi connectivity index (χ4n) is 1.67. The summed E-state index contributed by atoms with van der Waals surface area (Å²) in [6.07, 6.45) is 1.79. The van der Waals surface area contributed by atoms with Crippen LogP contribution in [0, 0.1) is 5.92 Å². The predicted molar refractivity (Wildman–Crippen MR) is 79.0 cm³/mol. The predicted octanol–water partition coefficient (Wildman–Crippen LogP) is 3.62. The van der Waals surface area contributed by atoms with Gasteiger partial charge in [0.1, 0.15) is 5.75 Å². The zero-order valence-electron chi connectivity index (χ0n) is 11.5. The molecule has 0 amide bonds. The average Bonchev–Trinajstić information content (AvgIpc) is 2.84. The Balaban J connectivity index is 1.98. The molecule has 0 saturated carbocycles. The summed E-state index contributed by atoms with van der Waals surface area (Å²) in [7, 11) is -1.22. The van der Waals surface area contributed by atoms with Crippen LogP contribution in [-0.4, -0.2) is 14.3 Å². The average molecular weight is 313 g/mol. The number of hydrogen-bond acceptors (Lipinski definition) is 4. The monoisotopic (exact) mass is 312 g/mol. The molecule has 1 heterocycles. The third-order valence-electron chi connectivity index (χ3n) is 2.77. The molecule has 0 saturated heterocycles. The maximum Gasteiger partial charge on any atom is 0.239 e. The summed E-state index contributed by atoms with van der Waals surface area (Å²) in [6, 6.07) is 6.99. The van der Waals surface area contributed by atoms with Gasteiger partial charge in [0, 0.05) is 16.3 Å². The third kappa shape index (κ3) is 4.42. The first-order valence-electron chi connectivity index (χ1n) is 6.50. The summed E-state index contributed by atoms with van der Waals surface area (Å²) in [5.41, 5.74) is 0. The van der Waals surface area contributed by atoms with Crippen molar-refractivity contribution in [3.8, 4) is 0 Å². The molecule has 6 heteroatoms. The van der Waals surface area contributed by atoms with Crippen LogP contribution in [0.25, 0.3) is 0 Å². The summed E-state index contributed by atoms with van der Waals surface area (Å²) in [4.78, 5) is 4.93. The topological polar surface area (TPSA) is 56.0 Å². The van der Waals surface area contributed by atoms with E-state index in [-0.39, 0.29) is 5.75 Å². The zero-order valence-corrected chi connectivity index (χ0v) is 13.1. The zero-order chi connectivity index (χ0) is 14.5. The number of aromatic nitrogens is 2. The molecule has 108 valence electrons. The van der Waals surface area contributed by atoms with E-state index in [1.165, 1.54) is 0 Å². The van der Waals surface area contributed by atoms with Crippen molar-refractivity contribution in [1.82, 2.24) is 10.1 Å². The van der Waals surface area contributed by atoms with E-state index in [1.54, 1.807) is 24.3 Å². The van der Waals surface area contributed by atoms with Crippen LogP contribution >= 0.6 is 11.6 Å². The van der Waals surface area contributed by atoms with Gasteiger partial charge in [0.15, 0.2) is 5.82 Å². The first-order valence-corrected chi connectivity index (χ1v) is 8.19. The molecule has 0 fully saturated rings. The van der Waals surface area contributed by atoms with E-state index in [4.69, 9.17) is 16.1 Å². The van der Waals surface area contributed by atoms with Crippen LogP contribution in [0.4, 0.5) is 0 Å². The van der Waals surface area contributed by atoms with Crippen LogP contribution < -0.4 is 0 Å². The molecule has 1 aromatic carbocycles. The van der Waals surface area contributed by atoms with Gasteiger partial charge < -0.3 is 4.52 Å². The van der Waals surface area contributed by atoms with Crippen molar-refractivity contribution >= 4 is 22.4 Å². The summed E-state index contributed by atoms with van der Waals surface area (Å²) >= 11 is 5.88. The first-order chi connectivity index (χ1) is 9.54. The highest BCUT2D eigenvalue weighted by atomic mass is 35.5. The number of nitrogens with zero attached hydrogens (tertiary/aromatic N) is 2. The van der Waals surface area contributed by atoms with Gasteiger partial charge >= 0.3 is 0 Å². The Hall–Kier alpha value is -1.20. The molecule has 0 spiro atoms. The lowest BCUT2D eigenvalue weighted by Gasteiger charge is -1.99. The third-order valence-corrected chi connectivity index (χ3v) is 4.29. The van der Waals surface area contributed by atoms with Gasteiger partial charge in [0.05, 0.1) is 10.8 Å². The van der Waals surface area contributed by atoms with Crippen molar-refractivity contribution < 1.29 is 8.73 Å². The maximum absolute atomic E-state index is 12.2. The minimum atomic E-state index is -1.22. The number of rotatable bonds is 6. The highest BCUT2D eigenvalue weighted by Gasteiger charge is 2.12. The Kier molecular flexibility index (Phi) is 5.31. The van der Waals surface area contributed by atoms with Gasteiger partial charge in [-0.05, 0) is 30.5 Å². The molecule has 1 aromatic heterocycles. The summed E-state index contributed by atoms with van der Waals surface area (Å²) < 4.78 is 17.3. The first kappa shape index (κ1) is 15.2. The van der Waals surface area contributed by atoms with Crippen molar-refractivity contribution in [2.75, 3.05) is 0 Å². The van der Waals surface area contributed by atoms with Crippen LogP contribution in [0.3, 0.4) is 0 Å². The molecule has 0 aliphatic heterocycles. The van der Waals surface area contributed by atoms with Gasteiger partial charge in [-0.15, -0.1) is 0 Å². The molecular formula is C14H17ClN2O2S. The van der Waals surface area contributed by atoms with Crippen LogP contribution in [0.5, 0.6) is 0 Å². The fraction of sp³-hybridized carbons (Fsp3) is 0.429. The highest BCUT2D eigenvalue weighted by molar-refractivity contribution is 7.84. The Bertz CT molecular complexity index is 598. The minimum Gasteiger partial charge on any atom is -0.338 e. The van der Waals surface area contributed by atoms with Crippen LogP contribution in [0.15, 0.2) is 33.7 Å². The van der Waals surface area contributed by atoms with Crippen molar-refractivity contribution in [2.45, 2.75) is 37.3 Å². The second-order valence-corrected chi connectivity index (χ2v) is 6.87. The summed E-state index contributed by atoms with van der Waals surface area (Å²) in [5, 5.41) is 4.47. The van der Waals surface area contributed by atoms with E-state index in [9.17, 15) is 4.21 Å². The minimum absolute atomic E-state index is 0.217. The van der Waals surface area contributed by atoms with Crippen LogP contribution in [0.2, 0.25) is 5.02 Å². The van der Waals surface area contributed by atoms with E-state index in [0.717, 1.165) is 12.8 Å². The van der Waals surface area contributed by atoms with Gasteiger partial charge in [-0.25, -0.2) is 0 Å². The van der Waals surface area contributed by atoms with Crippen molar-refractivity contribution in [2.24, 2.45) is 5.92 Å². The van der Waals surface area contributed by atoms with Crippen LogP contribution in [0.1, 0.15) is 32.0 Å². The van der Waals surface area contributed by atoms with Gasteiger partial charge in [-0.1, -0.05) is 36.7 Å². The normalized spacial score (nSPS) is 12.8. The van der Waals surface area contributed by atoms with Gasteiger partial charge in [0.2, 0.25) is 5.89 Å². The van der Waals surface area contributed by atoms with Gasteiger partial charge in [-0.3, -0.25) is 4.21 Å². The Morgan fingerprint density at radius 2 is 2.20 bits per heavy atom. The number of hydrogen-bond donors (Lipinski definition) is 0. The maximum atomic E-state index is 12.2. The summed E-state index contributed by atoms with van der Waals surface area (Å²) in [5.74, 6) is 1.89. The molecule has 0 bridgehead atoms. The summed E-state index contributed by atoms with van der Waals surface area (Å²) in [6.45, 7) is 4.30. The Morgan fingerprint density at radius 1 is 1.40 bits per heavy atom. The lowest BCUT2D eigenvalue weighted by molar-refractivity contribution is 0.382. The molecule has 0 aliphatic carbocycles. The second-order valence-electron chi connectivity index (χ2n) is 4.98. The second kappa shape index (κ2) is 6.99. The number of halogens is 1.